The molecule has 8 nitrogen and oxygen atoms in total. The van der Waals surface area contributed by atoms with Crippen molar-refractivity contribution in [3.63, 3.8) is 0 Å². The van der Waals surface area contributed by atoms with Crippen molar-refractivity contribution in [2.24, 2.45) is 0 Å². The number of nitrogens with zero attached hydrogens (tertiary/aromatic N) is 7. The van der Waals surface area contributed by atoms with Crippen LogP contribution >= 0.6 is 0 Å². The number of fused-ring (bicyclic) bond motifs is 3. The van der Waals surface area contributed by atoms with Gasteiger partial charge in [-0.05, 0) is 6.07 Å². The van der Waals surface area contributed by atoms with Crippen molar-refractivity contribution in [1.82, 2.24) is 34.9 Å². The molecule has 0 N–H and O–H groups in total. The molecular weight excluding hydrogens is 462 g/mol. The summed E-state index contributed by atoms with van der Waals surface area (Å²) in [5, 5.41) is 0.913. The van der Waals surface area contributed by atoms with Gasteiger partial charge in [0, 0.05) is 40.0 Å². The van der Waals surface area contributed by atoms with Gasteiger partial charge in [-0.3, -0.25) is 0 Å². The minimum Gasteiger partial charge on any atom is -0.452 e. The number of hydrogen-bond donors (Lipinski definition) is 0. The van der Waals surface area contributed by atoms with E-state index in [4.69, 9.17) is 19.4 Å². The molecule has 0 fully saturated rings. The van der Waals surface area contributed by atoms with Gasteiger partial charge in [0.1, 0.15) is 17.4 Å². The molecule has 37 heavy (non-hydrogen) atoms. The molecule has 0 aliphatic rings. The van der Waals surface area contributed by atoms with Gasteiger partial charge in [-0.25, -0.2) is 34.9 Å². The summed E-state index contributed by atoms with van der Waals surface area (Å²) in [7, 11) is 0. The molecule has 4 aromatic heterocycles. The van der Waals surface area contributed by atoms with Crippen molar-refractivity contribution in [3.05, 3.63) is 104 Å². The van der Waals surface area contributed by atoms with Crippen molar-refractivity contribution in [2.75, 3.05) is 0 Å². The lowest BCUT2D eigenvalue weighted by Gasteiger charge is -2.08. The van der Waals surface area contributed by atoms with Gasteiger partial charge < -0.3 is 4.42 Å². The highest BCUT2D eigenvalue weighted by molar-refractivity contribution is 6.07. The minimum atomic E-state index is 0.400. The van der Waals surface area contributed by atoms with Crippen molar-refractivity contribution in [2.45, 2.75) is 0 Å². The van der Waals surface area contributed by atoms with E-state index in [1.54, 1.807) is 18.6 Å². The Morgan fingerprint density at radius 3 is 1.84 bits per heavy atom. The molecule has 0 saturated heterocycles. The molecule has 0 aliphatic carbocycles. The second kappa shape index (κ2) is 8.69. The lowest BCUT2D eigenvalue weighted by molar-refractivity contribution is 0.666. The highest BCUT2D eigenvalue weighted by Gasteiger charge is 2.16. The first-order chi connectivity index (χ1) is 18.3. The van der Waals surface area contributed by atoms with Crippen LogP contribution in [0.3, 0.4) is 0 Å². The molecule has 0 aliphatic heterocycles. The topological polar surface area (TPSA) is 103 Å². The third-order valence-corrected chi connectivity index (χ3v) is 6.02. The van der Waals surface area contributed by atoms with Crippen LogP contribution < -0.4 is 0 Å². The zero-order chi connectivity index (χ0) is 24.6. The van der Waals surface area contributed by atoms with Crippen LogP contribution in [0.5, 0.6) is 0 Å². The maximum atomic E-state index is 6.07. The summed E-state index contributed by atoms with van der Waals surface area (Å²) in [4.78, 5) is 31.8. The van der Waals surface area contributed by atoms with Crippen molar-refractivity contribution >= 4 is 22.1 Å². The molecule has 4 heterocycles. The number of benzene rings is 3. The van der Waals surface area contributed by atoms with Gasteiger partial charge in [0.2, 0.25) is 5.82 Å². The quantitative estimate of drug-likeness (QED) is 0.302. The van der Waals surface area contributed by atoms with Gasteiger partial charge in [0.05, 0.1) is 6.20 Å². The Hall–Kier alpha value is -5.37. The first-order valence-electron chi connectivity index (χ1n) is 11.6. The molecule has 174 valence electrons. The van der Waals surface area contributed by atoms with Gasteiger partial charge >= 0.3 is 0 Å². The molecule has 0 saturated carbocycles. The highest BCUT2D eigenvalue weighted by Crippen LogP contribution is 2.34. The third kappa shape index (κ3) is 3.77. The fourth-order valence-corrected chi connectivity index (χ4v) is 4.26. The van der Waals surface area contributed by atoms with Gasteiger partial charge in [-0.2, -0.15) is 0 Å². The molecule has 0 radical (unpaired) electrons. The number of hydrogen-bond acceptors (Lipinski definition) is 8. The third-order valence-electron chi connectivity index (χ3n) is 6.02. The Kier molecular flexibility index (Phi) is 4.92. The van der Waals surface area contributed by atoms with Crippen LogP contribution in [0.15, 0.2) is 108 Å². The summed E-state index contributed by atoms with van der Waals surface area (Å²) in [6, 6.07) is 25.5. The van der Waals surface area contributed by atoms with Gasteiger partial charge in [-0.1, -0.05) is 72.8 Å². The van der Waals surface area contributed by atoms with E-state index in [0.29, 0.717) is 34.5 Å². The fraction of sp³-hybridized carbons (Fsp3) is 0. The molecule has 3 aromatic carbocycles. The largest absolute Gasteiger partial charge is 0.452 e. The number of aromatic nitrogens is 7. The molecular formula is C29H17N7O. The molecule has 7 aromatic rings. The number of para-hydroxylation sites is 1. The smallest absolute Gasteiger partial charge is 0.201 e. The summed E-state index contributed by atoms with van der Waals surface area (Å²) in [6.45, 7) is 0. The van der Waals surface area contributed by atoms with Crippen molar-refractivity contribution in [1.29, 1.82) is 0 Å². The number of rotatable bonds is 4. The minimum absolute atomic E-state index is 0.400. The molecule has 0 spiro atoms. The molecule has 0 amide bonds. The summed E-state index contributed by atoms with van der Waals surface area (Å²) in [5.74, 6) is 1.93. The lowest BCUT2D eigenvalue weighted by atomic mass is 10.1. The average Bonchev–Trinajstić information content (AvgIpc) is 3.37. The van der Waals surface area contributed by atoms with E-state index in [9.17, 15) is 0 Å². The first kappa shape index (κ1) is 21.0. The first-order valence-corrected chi connectivity index (χ1v) is 11.6. The Morgan fingerprint density at radius 1 is 0.514 bits per heavy atom. The molecule has 8 heteroatoms. The zero-order valence-corrected chi connectivity index (χ0v) is 19.4. The number of furan rings is 1. The zero-order valence-electron chi connectivity index (χ0n) is 19.4. The predicted molar refractivity (Wildman–Crippen MR) is 140 cm³/mol. The van der Waals surface area contributed by atoms with Crippen molar-refractivity contribution in [3.8, 4) is 45.6 Å². The maximum Gasteiger partial charge on any atom is 0.201 e. The van der Waals surface area contributed by atoms with Crippen LogP contribution in [0.25, 0.3) is 67.6 Å². The van der Waals surface area contributed by atoms with Gasteiger partial charge in [-0.15, -0.1) is 0 Å². The van der Waals surface area contributed by atoms with E-state index in [-0.39, 0.29) is 0 Å². The Bertz CT molecular complexity index is 1810. The van der Waals surface area contributed by atoms with E-state index in [2.05, 4.69) is 19.9 Å². The molecule has 7 rings (SSSR count). The van der Waals surface area contributed by atoms with Gasteiger partial charge in [0.15, 0.2) is 23.1 Å². The SMILES string of the molecule is c1ccc(-c2nc(-c3ccccc3)nc(-c3ncc(-c4cccc5c4oc4cncnc45)cn3)n2)cc1. The van der Waals surface area contributed by atoms with Crippen LogP contribution in [-0.4, -0.2) is 34.9 Å². The summed E-state index contributed by atoms with van der Waals surface area (Å²) >= 11 is 0. The highest BCUT2D eigenvalue weighted by atomic mass is 16.3. The summed E-state index contributed by atoms with van der Waals surface area (Å²) in [5.41, 5.74) is 5.58. The predicted octanol–water partition coefficient (Wildman–Crippen LogP) is 6.02. The Balaban J connectivity index is 1.33. The molecule has 0 unspecified atom stereocenters. The Morgan fingerprint density at radius 2 is 1.16 bits per heavy atom. The van der Waals surface area contributed by atoms with E-state index < -0.39 is 0 Å². The van der Waals surface area contributed by atoms with E-state index in [1.165, 1.54) is 6.33 Å². The van der Waals surface area contributed by atoms with Crippen LogP contribution in [0.1, 0.15) is 0 Å². The van der Waals surface area contributed by atoms with E-state index >= 15 is 0 Å². The summed E-state index contributed by atoms with van der Waals surface area (Å²) < 4.78 is 6.07. The van der Waals surface area contributed by atoms with Crippen LogP contribution in [0.4, 0.5) is 0 Å². The van der Waals surface area contributed by atoms with Crippen molar-refractivity contribution < 1.29 is 4.42 Å². The second-order valence-electron chi connectivity index (χ2n) is 8.35. The van der Waals surface area contributed by atoms with Crippen LogP contribution in [0.2, 0.25) is 0 Å². The molecule has 0 atom stereocenters. The Labute approximate surface area is 210 Å². The summed E-state index contributed by atoms with van der Waals surface area (Å²) in [6.07, 6.45) is 6.69. The molecule has 0 bridgehead atoms. The normalized spacial score (nSPS) is 11.2. The fourth-order valence-electron chi connectivity index (χ4n) is 4.26. The van der Waals surface area contributed by atoms with E-state index in [0.717, 1.165) is 33.2 Å². The lowest BCUT2D eigenvalue weighted by Crippen LogP contribution is -2.02. The van der Waals surface area contributed by atoms with Gasteiger partial charge in [0.25, 0.3) is 0 Å². The maximum absolute atomic E-state index is 6.07. The van der Waals surface area contributed by atoms with Crippen LogP contribution in [0, 0.1) is 0 Å². The van der Waals surface area contributed by atoms with Crippen LogP contribution in [-0.2, 0) is 0 Å². The second-order valence-corrected chi connectivity index (χ2v) is 8.35. The monoisotopic (exact) mass is 479 g/mol. The average molecular weight is 480 g/mol. The standard InChI is InChI=1S/C29H17N7O/c1-3-8-18(9-4-1)26-34-27(19-10-5-2-6-11-19)36-29(35-26)28-31-14-20(15-32-28)21-12-7-13-22-24-23(37-25(21)22)16-30-17-33-24/h1-17H. The van der Waals surface area contributed by atoms with E-state index in [1.807, 2.05) is 78.9 Å².